The summed E-state index contributed by atoms with van der Waals surface area (Å²) in [4.78, 5) is 56.1. The van der Waals surface area contributed by atoms with E-state index >= 15 is 0 Å². The van der Waals surface area contributed by atoms with Gasteiger partial charge in [0.25, 0.3) is 11.8 Å². The zero-order chi connectivity index (χ0) is 25.1. The first-order valence-corrected chi connectivity index (χ1v) is 13.5. The Hall–Kier alpha value is -2.78. The Bertz CT molecular complexity index is 1010. The lowest BCUT2D eigenvalue weighted by molar-refractivity contribution is -0.136. The predicted octanol–water partition coefficient (Wildman–Crippen LogP) is 2.09. The molecule has 36 heavy (non-hydrogen) atoms. The number of rotatable bonds is 8. The van der Waals surface area contributed by atoms with E-state index in [1.807, 2.05) is 0 Å². The lowest BCUT2D eigenvalue weighted by atomic mass is 9.87. The Labute approximate surface area is 212 Å². The first-order valence-electron chi connectivity index (χ1n) is 13.5. The number of hydrogen-bond acceptors (Lipinski definition) is 7. The maximum Gasteiger partial charge on any atom is 0.264 e. The van der Waals surface area contributed by atoms with Crippen molar-refractivity contribution >= 4 is 29.3 Å². The molecule has 1 aliphatic carbocycles. The van der Waals surface area contributed by atoms with E-state index in [0.29, 0.717) is 23.4 Å². The van der Waals surface area contributed by atoms with Crippen LogP contribution < -0.4 is 10.6 Å². The molecule has 5 rings (SSSR count). The molecule has 4 amide bonds. The summed E-state index contributed by atoms with van der Waals surface area (Å²) >= 11 is 0. The van der Waals surface area contributed by atoms with Gasteiger partial charge in [-0.15, -0.1) is 0 Å². The number of nitrogens with one attached hydrogen (secondary N) is 2. The van der Waals surface area contributed by atoms with Crippen molar-refractivity contribution in [1.29, 1.82) is 0 Å². The Kier molecular flexibility index (Phi) is 7.67. The van der Waals surface area contributed by atoms with E-state index in [9.17, 15) is 19.2 Å². The molecule has 0 bridgehead atoms. The fraction of sp³-hybridized carbons (Fsp3) is 0.630. The van der Waals surface area contributed by atoms with E-state index < -0.39 is 23.8 Å². The summed E-state index contributed by atoms with van der Waals surface area (Å²) in [5, 5.41) is 5.59. The first kappa shape index (κ1) is 24.9. The number of amides is 4. The van der Waals surface area contributed by atoms with Crippen LogP contribution in [0.25, 0.3) is 0 Å². The topological polar surface area (TPSA) is 102 Å². The predicted molar refractivity (Wildman–Crippen MR) is 136 cm³/mol. The van der Waals surface area contributed by atoms with Crippen LogP contribution in [0.4, 0.5) is 5.69 Å². The molecule has 9 nitrogen and oxygen atoms in total. The highest BCUT2D eigenvalue weighted by Gasteiger charge is 2.45. The minimum Gasteiger partial charge on any atom is -0.383 e. The third-order valence-corrected chi connectivity index (χ3v) is 8.25. The molecule has 2 saturated heterocycles. The van der Waals surface area contributed by atoms with Crippen molar-refractivity contribution in [3.8, 4) is 0 Å². The van der Waals surface area contributed by atoms with Gasteiger partial charge >= 0.3 is 0 Å². The number of nitrogens with zero attached hydrogens (tertiary/aromatic N) is 3. The van der Waals surface area contributed by atoms with Gasteiger partial charge in [0.15, 0.2) is 0 Å². The quantitative estimate of drug-likeness (QED) is 0.533. The van der Waals surface area contributed by atoms with Crippen LogP contribution >= 0.6 is 0 Å². The molecular formula is C27H37N5O4. The molecule has 1 aromatic rings. The average molecular weight is 496 g/mol. The van der Waals surface area contributed by atoms with Crippen molar-refractivity contribution in [2.75, 3.05) is 51.1 Å². The molecule has 4 aliphatic rings. The zero-order valence-corrected chi connectivity index (χ0v) is 21.0. The smallest absolute Gasteiger partial charge is 0.264 e. The van der Waals surface area contributed by atoms with Crippen LogP contribution in [-0.2, 0) is 9.59 Å². The number of anilines is 1. The summed E-state index contributed by atoms with van der Waals surface area (Å²) in [5.41, 5.74) is 1.24. The molecule has 1 aromatic carbocycles. The summed E-state index contributed by atoms with van der Waals surface area (Å²) < 4.78 is 0. The van der Waals surface area contributed by atoms with Crippen molar-refractivity contribution in [3.05, 3.63) is 29.3 Å². The highest BCUT2D eigenvalue weighted by atomic mass is 16.2. The summed E-state index contributed by atoms with van der Waals surface area (Å²) in [6.45, 7) is 7.02. The minimum absolute atomic E-state index is 0.114. The number of piperidine rings is 1. The third-order valence-electron chi connectivity index (χ3n) is 8.25. The lowest BCUT2D eigenvalue weighted by Crippen LogP contribution is -2.54. The van der Waals surface area contributed by atoms with Gasteiger partial charge in [0, 0.05) is 51.4 Å². The fourth-order valence-corrected chi connectivity index (χ4v) is 6.09. The number of imide groups is 2. The van der Waals surface area contributed by atoms with E-state index in [2.05, 4.69) is 20.4 Å². The van der Waals surface area contributed by atoms with E-state index in [1.165, 1.54) is 45.1 Å². The highest BCUT2D eigenvalue weighted by Crippen LogP contribution is 2.32. The SMILES string of the molecule is O=C1CCC(N2C(=O)c3cccc(NCCN4CCN(CCC5CCCCC5)CC4)c3C2=O)C(=O)N1. The van der Waals surface area contributed by atoms with Crippen molar-refractivity contribution in [2.24, 2.45) is 5.92 Å². The second kappa shape index (κ2) is 11.1. The number of fused-ring (bicyclic) bond motifs is 1. The molecule has 3 fully saturated rings. The Morgan fingerprint density at radius 2 is 1.58 bits per heavy atom. The van der Waals surface area contributed by atoms with Gasteiger partial charge in [-0.05, 0) is 37.4 Å². The molecule has 0 aromatic heterocycles. The van der Waals surface area contributed by atoms with Gasteiger partial charge in [-0.3, -0.25) is 34.3 Å². The summed E-state index contributed by atoms with van der Waals surface area (Å²) in [6, 6.07) is 4.24. The van der Waals surface area contributed by atoms with Gasteiger partial charge in [-0.25, -0.2) is 0 Å². The van der Waals surface area contributed by atoms with E-state index in [0.717, 1.165) is 43.5 Å². The number of hydrogen-bond donors (Lipinski definition) is 2. The Balaban J connectivity index is 1.11. The normalized spacial score (nSPS) is 24.2. The Morgan fingerprint density at radius 1 is 0.861 bits per heavy atom. The molecule has 1 saturated carbocycles. The van der Waals surface area contributed by atoms with Crippen molar-refractivity contribution < 1.29 is 19.2 Å². The van der Waals surface area contributed by atoms with Gasteiger partial charge in [0.1, 0.15) is 6.04 Å². The van der Waals surface area contributed by atoms with E-state index in [-0.39, 0.29) is 18.7 Å². The molecule has 1 unspecified atom stereocenters. The second-order valence-corrected chi connectivity index (χ2v) is 10.6. The van der Waals surface area contributed by atoms with Gasteiger partial charge < -0.3 is 10.2 Å². The highest BCUT2D eigenvalue weighted by molar-refractivity contribution is 6.25. The number of carbonyl (C=O) groups is 4. The summed E-state index contributed by atoms with van der Waals surface area (Å²) in [5.74, 6) is -0.987. The second-order valence-electron chi connectivity index (χ2n) is 10.6. The molecule has 194 valence electrons. The summed E-state index contributed by atoms with van der Waals surface area (Å²) in [6.07, 6.45) is 8.66. The number of benzene rings is 1. The van der Waals surface area contributed by atoms with Crippen LogP contribution in [-0.4, -0.2) is 90.2 Å². The van der Waals surface area contributed by atoms with Crippen LogP contribution in [0.2, 0.25) is 0 Å². The minimum atomic E-state index is -0.947. The number of piperazine rings is 1. The molecular weight excluding hydrogens is 458 g/mol. The fourth-order valence-electron chi connectivity index (χ4n) is 6.09. The van der Waals surface area contributed by atoms with E-state index in [4.69, 9.17) is 0 Å². The monoisotopic (exact) mass is 495 g/mol. The van der Waals surface area contributed by atoms with Gasteiger partial charge in [0.2, 0.25) is 11.8 Å². The molecule has 3 aliphatic heterocycles. The molecule has 1 atom stereocenters. The van der Waals surface area contributed by atoms with Gasteiger partial charge in [-0.1, -0.05) is 38.2 Å². The lowest BCUT2D eigenvalue weighted by Gasteiger charge is -2.35. The van der Waals surface area contributed by atoms with Crippen LogP contribution in [0.1, 0.15) is 72.1 Å². The Morgan fingerprint density at radius 3 is 2.31 bits per heavy atom. The maximum atomic E-state index is 13.2. The van der Waals surface area contributed by atoms with E-state index in [1.54, 1.807) is 18.2 Å². The van der Waals surface area contributed by atoms with Gasteiger partial charge in [-0.2, -0.15) is 0 Å². The molecule has 9 heteroatoms. The van der Waals surface area contributed by atoms with Crippen LogP contribution in [0.5, 0.6) is 0 Å². The van der Waals surface area contributed by atoms with Crippen molar-refractivity contribution in [2.45, 2.75) is 57.4 Å². The largest absolute Gasteiger partial charge is 0.383 e. The zero-order valence-electron chi connectivity index (χ0n) is 21.0. The van der Waals surface area contributed by atoms with Gasteiger partial charge in [0.05, 0.1) is 11.1 Å². The van der Waals surface area contributed by atoms with Crippen molar-refractivity contribution in [3.63, 3.8) is 0 Å². The van der Waals surface area contributed by atoms with Crippen molar-refractivity contribution in [1.82, 2.24) is 20.0 Å². The summed E-state index contributed by atoms with van der Waals surface area (Å²) in [7, 11) is 0. The molecule has 3 heterocycles. The molecule has 0 spiro atoms. The molecule has 2 N–H and O–H groups in total. The van der Waals surface area contributed by atoms with Crippen LogP contribution in [0, 0.1) is 5.92 Å². The third kappa shape index (κ3) is 5.32. The maximum absolute atomic E-state index is 13.2. The van der Waals surface area contributed by atoms with Crippen LogP contribution in [0.15, 0.2) is 18.2 Å². The standard InChI is InChI=1S/C27H37N5O4/c33-23-10-9-22(25(34)29-23)32-26(35)20-7-4-8-21(24(20)27(32)36)28-12-14-31-17-15-30(16-18-31)13-11-19-5-2-1-3-6-19/h4,7-8,19,22,28H,1-3,5-6,9-18H2,(H,29,33,34). The number of carbonyl (C=O) groups excluding carboxylic acids is 4. The first-order chi connectivity index (χ1) is 17.5. The van der Waals surface area contributed by atoms with Crippen LogP contribution in [0.3, 0.4) is 0 Å². The molecule has 0 radical (unpaired) electrons. The average Bonchev–Trinajstić information content (AvgIpc) is 3.15.